The number of rotatable bonds is 5. The van der Waals surface area contributed by atoms with Gasteiger partial charge in [-0.05, 0) is 42.7 Å². The average molecular weight is 384 g/mol. The van der Waals surface area contributed by atoms with E-state index >= 15 is 0 Å². The van der Waals surface area contributed by atoms with Gasteiger partial charge in [0.1, 0.15) is 5.82 Å². The van der Waals surface area contributed by atoms with Gasteiger partial charge in [-0.15, -0.1) is 0 Å². The number of hydrogen-bond donors (Lipinski definition) is 2. The summed E-state index contributed by atoms with van der Waals surface area (Å²) in [7, 11) is 0. The Hall–Kier alpha value is -3.25. The number of pyridine rings is 1. The number of nitrogen functional groups attached to an aromatic ring is 1. The van der Waals surface area contributed by atoms with Gasteiger partial charge < -0.3 is 10.7 Å². The van der Waals surface area contributed by atoms with Crippen LogP contribution in [-0.4, -0.2) is 38.2 Å². The second-order valence-corrected chi connectivity index (χ2v) is 7.66. The molecule has 1 aliphatic heterocycles. The van der Waals surface area contributed by atoms with Crippen molar-refractivity contribution in [2.75, 3.05) is 5.73 Å². The molecule has 0 fully saturated rings. The highest BCUT2D eigenvalue weighted by molar-refractivity contribution is 5.75. The molecule has 1 aliphatic carbocycles. The van der Waals surface area contributed by atoms with Gasteiger partial charge >= 0.3 is 0 Å². The van der Waals surface area contributed by atoms with Gasteiger partial charge in [0.15, 0.2) is 0 Å². The zero-order valence-electron chi connectivity index (χ0n) is 16.2. The van der Waals surface area contributed by atoms with Crippen molar-refractivity contribution < 1.29 is 0 Å². The van der Waals surface area contributed by atoms with E-state index in [1.165, 1.54) is 5.57 Å². The third-order valence-corrected chi connectivity index (χ3v) is 5.72. The molecule has 3 N–H and O–H groups in total. The number of nitrogens with two attached hydrogens (primary N) is 1. The van der Waals surface area contributed by atoms with Crippen LogP contribution in [-0.2, 0) is 13.1 Å². The Labute approximate surface area is 169 Å². The first-order chi connectivity index (χ1) is 14.3. The molecule has 3 heterocycles. The van der Waals surface area contributed by atoms with Gasteiger partial charge in [0.05, 0.1) is 23.6 Å². The van der Waals surface area contributed by atoms with Gasteiger partial charge in [0.2, 0.25) is 0 Å². The summed E-state index contributed by atoms with van der Waals surface area (Å²) in [6.45, 7) is 1.44. The van der Waals surface area contributed by atoms with Gasteiger partial charge in [-0.25, -0.2) is 4.98 Å². The summed E-state index contributed by atoms with van der Waals surface area (Å²) < 4.78 is 0. The van der Waals surface area contributed by atoms with Gasteiger partial charge in [0.25, 0.3) is 0 Å². The molecule has 6 heteroatoms. The summed E-state index contributed by atoms with van der Waals surface area (Å²) >= 11 is 0. The van der Waals surface area contributed by atoms with Crippen molar-refractivity contribution in [1.29, 1.82) is 0 Å². The van der Waals surface area contributed by atoms with Crippen LogP contribution in [0.15, 0.2) is 71.5 Å². The first kappa shape index (κ1) is 17.8. The lowest BCUT2D eigenvalue weighted by molar-refractivity contribution is 0.189. The number of benzene rings is 1. The fourth-order valence-corrected chi connectivity index (χ4v) is 4.19. The molecule has 1 aromatic carbocycles. The lowest BCUT2D eigenvalue weighted by atomic mass is 9.89. The van der Waals surface area contributed by atoms with Crippen molar-refractivity contribution in [2.45, 2.75) is 38.0 Å². The molecule has 0 saturated carbocycles. The van der Waals surface area contributed by atoms with E-state index in [1.54, 1.807) is 6.20 Å². The monoisotopic (exact) mass is 384 g/mol. The van der Waals surface area contributed by atoms with Gasteiger partial charge in [0, 0.05) is 42.4 Å². The zero-order chi connectivity index (χ0) is 19.6. The number of aromatic amines is 1. The lowest BCUT2D eigenvalue weighted by Gasteiger charge is -2.34. The molecule has 2 aliphatic rings. The molecular formula is C23H24N6. The molecule has 29 heavy (non-hydrogen) atoms. The highest BCUT2D eigenvalue weighted by Crippen LogP contribution is 2.29. The molecule has 0 bridgehead atoms. The quantitative estimate of drug-likeness (QED) is 0.703. The van der Waals surface area contributed by atoms with Crippen LogP contribution in [0.25, 0.3) is 11.0 Å². The largest absolute Gasteiger partial charge is 0.398 e. The number of anilines is 1. The van der Waals surface area contributed by atoms with E-state index in [0.717, 1.165) is 54.0 Å². The minimum absolute atomic E-state index is 0.298. The predicted octanol–water partition coefficient (Wildman–Crippen LogP) is 3.64. The third kappa shape index (κ3) is 3.71. The molecule has 6 nitrogen and oxygen atoms in total. The summed E-state index contributed by atoms with van der Waals surface area (Å²) in [4.78, 5) is 19.6. The second kappa shape index (κ2) is 7.64. The topological polar surface area (TPSA) is 83.2 Å². The third-order valence-electron chi connectivity index (χ3n) is 5.72. The van der Waals surface area contributed by atoms with E-state index in [2.05, 4.69) is 38.1 Å². The molecule has 0 spiro atoms. The second-order valence-electron chi connectivity index (χ2n) is 7.66. The molecular weight excluding hydrogens is 360 g/mol. The van der Waals surface area contributed by atoms with Crippen molar-refractivity contribution in [3.05, 3.63) is 77.9 Å². The number of allylic oxidation sites excluding steroid dienone is 1. The number of dihydropyridines is 1. The maximum atomic E-state index is 6.22. The Bertz CT molecular complexity index is 1080. The van der Waals surface area contributed by atoms with Gasteiger partial charge in [-0.3, -0.25) is 14.9 Å². The number of nitrogens with one attached hydrogen (secondary N) is 1. The Morgan fingerprint density at radius 2 is 2.07 bits per heavy atom. The van der Waals surface area contributed by atoms with Crippen LogP contribution in [0.4, 0.5) is 5.69 Å². The van der Waals surface area contributed by atoms with Crippen molar-refractivity contribution in [2.24, 2.45) is 4.99 Å². The molecule has 2 atom stereocenters. The highest BCUT2D eigenvalue weighted by Gasteiger charge is 2.27. The zero-order valence-corrected chi connectivity index (χ0v) is 16.2. The molecule has 0 radical (unpaired) electrons. The molecule has 0 saturated heterocycles. The first-order valence-electron chi connectivity index (χ1n) is 10.0. The van der Waals surface area contributed by atoms with Crippen LogP contribution >= 0.6 is 0 Å². The fourth-order valence-electron chi connectivity index (χ4n) is 4.19. The Morgan fingerprint density at radius 3 is 2.97 bits per heavy atom. The molecule has 3 aromatic rings. The maximum Gasteiger partial charge on any atom is 0.121 e. The van der Waals surface area contributed by atoms with Crippen LogP contribution < -0.4 is 5.73 Å². The number of hydrogen-bond acceptors (Lipinski definition) is 5. The Morgan fingerprint density at radius 1 is 1.14 bits per heavy atom. The van der Waals surface area contributed by atoms with Crippen LogP contribution in [0, 0.1) is 0 Å². The fraction of sp³-hybridized carbons (Fsp3) is 0.261. The maximum absolute atomic E-state index is 6.22. The standard InChI is InChI=1S/C23H24N6/c24-19-9-11-25-13-17(19)14-29(15-23-27-21-5-1-2-6-22(21)28-23)18-7-8-20-16(12-18)4-3-10-26-20/h1-6,9-13,18,20H,7-8,14-15H2,(H2,24,25)(H,27,28). The summed E-state index contributed by atoms with van der Waals surface area (Å²) in [6, 6.07) is 10.6. The number of H-pyrrole nitrogens is 1. The number of imidazole rings is 1. The van der Waals surface area contributed by atoms with E-state index in [0.29, 0.717) is 12.1 Å². The number of aromatic nitrogens is 3. The van der Waals surface area contributed by atoms with E-state index in [4.69, 9.17) is 10.7 Å². The smallest absolute Gasteiger partial charge is 0.121 e. The van der Waals surface area contributed by atoms with Crippen LogP contribution in [0.1, 0.15) is 24.2 Å². The van der Waals surface area contributed by atoms with Crippen LogP contribution in [0.3, 0.4) is 0 Å². The molecule has 146 valence electrons. The summed E-state index contributed by atoms with van der Waals surface area (Å²) in [5, 5.41) is 0. The number of nitrogens with zero attached hydrogens (tertiary/aromatic N) is 4. The number of aliphatic imine (C=N–C) groups is 1. The summed E-state index contributed by atoms with van der Waals surface area (Å²) in [5.41, 5.74) is 11.4. The van der Waals surface area contributed by atoms with Crippen molar-refractivity contribution in [3.8, 4) is 0 Å². The molecule has 0 amide bonds. The normalized spacial score (nSPS) is 20.8. The first-order valence-corrected chi connectivity index (χ1v) is 10.0. The summed E-state index contributed by atoms with van der Waals surface area (Å²) in [5.74, 6) is 0.964. The van der Waals surface area contributed by atoms with Crippen molar-refractivity contribution in [3.63, 3.8) is 0 Å². The van der Waals surface area contributed by atoms with Crippen molar-refractivity contribution in [1.82, 2.24) is 19.9 Å². The predicted molar refractivity (Wildman–Crippen MR) is 117 cm³/mol. The van der Waals surface area contributed by atoms with E-state index in [1.807, 2.05) is 42.8 Å². The van der Waals surface area contributed by atoms with E-state index in [-0.39, 0.29) is 0 Å². The van der Waals surface area contributed by atoms with Crippen LogP contribution in [0.5, 0.6) is 0 Å². The highest BCUT2D eigenvalue weighted by atomic mass is 15.2. The lowest BCUT2D eigenvalue weighted by Crippen LogP contribution is -2.37. The number of para-hydroxylation sites is 2. The summed E-state index contributed by atoms with van der Waals surface area (Å²) in [6.07, 6.45) is 14.2. The van der Waals surface area contributed by atoms with Gasteiger partial charge in [-0.1, -0.05) is 24.3 Å². The Kier molecular flexibility index (Phi) is 4.69. The molecule has 2 aromatic heterocycles. The SMILES string of the molecule is Nc1ccncc1CN(Cc1nc2ccccc2[nH]1)C1C=C2C=CC=NC2CC1. The van der Waals surface area contributed by atoms with E-state index in [9.17, 15) is 0 Å². The van der Waals surface area contributed by atoms with E-state index < -0.39 is 0 Å². The minimum atomic E-state index is 0.298. The number of fused-ring (bicyclic) bond motifs is 2. The Balaban J connectivity index is 1.46. The molecule has 2 unspecified atom stereocenters. The van der Waals surface area contributed by atoms with Crippen LogP contribution in [0.2, 0.25) is 0 Å². The van der Waals surface area contributed by atoms with Gasteiger partial charge in [-0.2, -0.15) is 0 Å². The molecule has 5 rings (SSSR count). The average Bonchev–Trinajstić information content (AvgIpc) is 3.17. The minimum Gasteiger partial charge on any atom is -0.398 e. The van der Waals surface area contributed by atoms with Crippen molar-refractivity contribution >= 4 is 22.9 Å².